The molecule has 20 heavy (non-hydrogen) atoms. The fourth-order valence-corrected chi connectivity index (χ4v) is 2.57. The molecule has 0 bridgehead atoms. The van der Waals surface area contributed by atoms with E-state index in [1.54, 1.807) is 6.07 Å². The number of nitrogens with zero attached hydrogens (tertiary/aromatic N) is 1. The molecular formula is C15H23N3O2. The number of hydrogen-bond acceptors (Lipinski definition) is 4. The van der Waals surface area contributed by atoms with Gasteiger partial charge in [-0.05, 0) is 57.0 Å². The maximum absolute atomic E-state index is 12.3. The molecule has 0 saturated carbocycles. The number of β-amino-alcohol motifs (C(OH)–C–C–N with tert-alkyl or cyclic N) is 1. The van der Waals surface area contributed by atoms with Crippen LogP contribution in [0.15, 0.2) is 18.2 Å². The van der Waals surface area contributed by atoms with Crippen LogP contribution in [0.3, 0.4) is 0 Å². The smallest absolute Gasteiger partial charge is 0.241 e. The first-order valence-electron chi connectivity index (χ1n) is 7.06. The number of likely N-dealkylation sites (tertiary alicyclic amines) is 1. The van der Waals surface area contributed by atoms with E-state index in [0.717, 1.165) is 30.6 Å². The first kappa shape index (κ1) is 14.8. The molecule has 1 aliphatic heterocycles. The van der Waals surface area contributed by atoms with Gasteiger partial charge in [0.15, 0.2) is 0 Å². The molecule has 1 aromatic carbocycles. The maximum atomic E-state index is 12.3. The molecule has 0 spiro atoms. The number of amides is 1. The summed E-state index contributed by atoms with van der Waals surface area (Å²) in [5.74, 6) is -0.0491. The lowest BCUT2D eigenvalue weighted by Gasteiger charge is -2.34. The van der Waals surface area contributed by atoms with Crippen molar-refractivity contribution in [2.45, 2.75) is 38.8 Å². The van der Waals surface area contributed by atoms with Crippen LogP contribution < -0.4 is 11.1 Å². The summed E-state index contributed by atoms with van der Waals surface area (Å²) in [6.45, 7) is 5.21. The van der Waals surface area contributed by atoms with Crippen LogP contribution in [0.25, 0.3) is 0 Å². The van der Waals surface area contributed by atoms with E-state index in [2.05, 4.69) is 5.32 Å². The zero-order valence-electron chi connectivity index (χ0n) is 12.1. The molecule has 2 atom stereocenters. The molecule has 0 aromatic heterocycles. The van der Waals surface area contributed by atoms with E-state index in [9.17, 15) is 9.90 Å². The molecule has 1 saturated heterocycles. The molecule has 2 unspecified atom stereocenters. The highest BCUT2D eigenvalue weighted by Crippen LogP contribution is 2.19. The second kappa shape index (κ2) is 6.24. The van der Waals surface area contributed by atoms with E-state index in [1.807, 2.05) is 30.9 Å². The maximum Gasteiger partial charge on any atom is 0.241 e. The third-order valence-corrected chi connectivity index (χ3v) is 3.86. The molecule has 1 heterocycles. The van der Waals surface area contributed by atoms with Crippen molar-refractivity contribution < 1.29 is 9.90 Å². The Bertz CT molecular complexity index is 490. The van der Waals surface area contributed by atoms with E-state index in [4.69, 9.17) is 5.73 Å². The minimum absolute atomic E-state index is 0.0491. The number of aliphatic hydroxyl groups excluding tert-OH is 1. The Kier molecular flexibility index (Phi) is 4.62. The lowest BCUT2D eigenvalue weighted by Crippen LogP contribution is -2.48. The molecule has 0 radical (unpaired) electrons. The fourth-order valence-electron chi connectivity index (χ4n) is 2.57. The third kappa shape index (κ3) is 3.49. The lowest BCUT2D eigenvalue weighted by atomic mass is 10.1. The van der Waals surface area contributed by atoms with Crippen LogP contribution in [0.1, 0.15) is 25.3 Å². The molecule has 2 rings (SSSR count). The number of nitrogens with one attached hydrogen (secondary N) is 1. The molecule has 4 N–H and O–H groups in total. The Morgan fingerprint density at radius 3 is 2.95 bits per heavy atom. The number of nitrogen functional groups attached to an aromatic ring is 1. The topological polar surface area (TPSA) is 78.6 Å². The van der Waals surface area contributed by atoms with Crippen molar-refractivity contribution in [1.29, 1.82) is 0 Å². The summed E-state index contributed by atoms with van der Waals surface area (Å²) >= 11 is 0. The van der Waals surface area contributed by atoms with Gasteiger partial charge in [-0.15, -0.1) is 0 Å². The Balaban J connectivity index is 2.00. The van der Waals surface area contributed by atoms with Crippen LogP contribution in [0.5, 0.6) is 0 Å². The lowest BCUT2D eigenvalue weighted by molar-refractivity contribution is -0.121. The summed E-state index contributed by atoms with van der Waals surface area (Å²) in [5, 5.41) is 12.6. The first-order valence-corrected chi connectivity index (χ1v) is 7.06. The molecule has 1 aliphatic rings. The number of hydrogen-bond donors (Lipinski definition) is 3. The van der Waals surface area contributed by atoms with Gasteiger partial charge >= 0.3 is 0 Å². The molecule has 0 aliphatic carbocycles. The number of anilines is 2. The summed E-state index contributed by atoms with van der Waals surface area (Å²) in [5.41, 5.74) is 8.12. The van der Waals surface area contributed by atoms with E-state index >= 15 is 0 Å². The van der Waals surface area contributed by atoms with Gasteiger partial charge in [-0.25, -0.2) is 0 Å². The van der Waals surface area contributed by atoms with Crippen LogP contribution in [-0.4, -0.2) is 41.1 Å². The van der Waals surface area contributed by atoms with Crippen molar-refractivity contribution >= 4 is 17.3 Å². The SMILES string of the molecule is Cc1cc(N)ccc1NC(=O)C(C)N1CCCC(O)C1. The monoisotopic (exact) mass is 277 g/mol. The van der Waals surface area contributed by atoms with Gasteiger partial charge in [0.1, 0.15) is 0 Å². The molecule has 1 fully saturated rings. The highest BCUT2D eigenvalue weighted by molar-refractivity contribution is 5.95. The Labute approximate surface area is 119 Å². The van der Waals surface area contributed by atoms with Gasteiger partial charge in [0.25, 0.3) is 0 Å². The number of nitrogens with two attached hydrogens (primary N) is 1. The first-order chi connectivity index (χ1) is 9.47. The van der Waals surface area contributed by atoms with Crippen LogP contribution >= 0.6 is 0 Å². The predicted octanol–water partition coefficient (Wildman–Crippen LogP) is 1.36. The minimum atomic E-state index is -0.322. The van der Waals surface area contributed by atoms with E-state index in [1.165, 1.54) is 0 Å². The zero-order chi connectivity index (χ0) is 14.7. The van der Waals surface area contributed by atoms with E-state index in [0.29, 0.717) is 12.2 Å². The Hall–Kier alpha value is -1.59. The number of aliphatic hydroxyl groups is 1. The second-order valence-corrected chi connectivity index (χ2v) is 5.53. The number of rotatable bonds is 3. The number of benzene rings is 1. The Morgan fingerprint density at radius 2 is 2.30 bits per heavy atom. The van der Waals surface area contributed by atoms with Gasteiger partial charge in [-0.3, -0.25) is 9.69 Å². The van der Waals surface area contributed by atoms with Crippen molar-refractivity contribution in [3.05, 3.63) is 23.8 Å². The third-order valence-electron chi connectivity index (χ3n) is 3.86. The van der Waals surface area contributed by atoms with Crippen molar-refractivity contribution in [1.82, 2.24) is 4.90 Å². The Morgan fingerprint density at radius 1 is 1.55 bits per heavy atom. The molecule has 5 heteroatoms. The summed E-state index contributed by atoms with van der Waals surface area (Å²) < 4.78 is 0. The largest absolute Gasteiger partial charge is 0.399 e. The van der Waals surface area contributed by atoms with E-state index in [-0.39, 0.29) is 18.1 Å². The van der Waals surface area contributed by atoms with Gasteiger partial charge in [0, 0.05) is 17.9 Å². The predicted molar refractivity (Wildman–Crippen MR) is 80.5 cm³/mol. The minimum Gasteiger partial charge on any atom is -0.399 e. The second-order valence-electron chi connectivity index (χ2n) is 5.53. The standard InChI is InChI=1S/C15H23N3O2/c1-10-8-12(16)5-6-14(10)17-15(20)11(2)18-7-3-4-13(19)9-18/h5-6,8,11,13,19H,3-4,7,9,16H2,1-2H3,(H,17,20). The number of carbonyl (C=O) groups is 1. The van der Waals surface area contributed by atoms with Crippen molar-refractivity contribution in [3.63, 3.8) is 0 Å². The van der Waals surface area contributed by atoms with E-state index < -0.39 is 0 Å². The normalized spacial score (nSPS) is 21.4. The van der Waals surface area contributed by atoms with Gasteiger partial charge in [0.2, 0.25) is 5.91 Å². The summed E-state index contributed by atoms with van der Waals surface area (Å²) in [7, 11) is 0. The summed E-state index contributed by atoms with van der Waals surface area (Å²) in [6, 6.07) is 5.19. The van der Waals surface area contributed by atoms with Crippen LogP contribution in [0.2, 0.25) is 0 Å². The number of piperidine rings is 1. The van der Waals surface area contributed by atoms with Crippen LogP contribution in [0.4, 0.5) is 11.4 Å². The molecule has 1 aromatic rings. The van der Waals surface area contributed by atoms with Gasteiger partial charge < -0.3 is 16.2 Å². The van der Waals surface area contributed by atoms with Crippen molar-refractivity contribution in [2.75, 3.05) is 24.1 Å². The number of aryl methyl sites for hydroxylation is 1. The molecule has 110 valence electrons. The highest BCUT2D eigenvalue weighted by Gasteiger charge is 2.26. The highest BCUT2D eigenvalue weighted by atomic mass is 16.3. The molecule has 1 amide bonds. The zero-order valence-corrected chi connectivity index (χ0v) is 12.1. The van der Waals surface area contributed by atoms with Gasteiger partial charge in [0.05, 0.1) is 12.1 Å². The summed E-state index contributed by atoms with van der Waals surface area (Å²) in [6.07, 6.45) is 1.43. The van der Waals surface area contributed by atoms with Gasteiger partial charge in [-0.2, -0.15) is 0 Å². The van der Waals surface area contributed by atoms with Gasteiger partial charge in [-0.1, -0.05) is 0 Å². The average molecular weight is 277 g/mol. The molecule has 5 nitrogen and oxygen atoms in total. The average Bonchev–Trinajstić information content (AvgIpc) is 2.41. The fraction of sp³-hybridized carbons (Fsp3) is 0.533. The number of carbonyl (C=O) groups excluding carboxylic acids is 1. The van der Waals surface area contributed by atoms with Crippen LogP contribution in [0, 0.1) is 6.92 Å². The van der Waals surface area contributed by atoms with Crippen LogP contribution in [-0.2, 0) is 4.79 Å². The quantitative estimate of drug-likeness (QED) is 0.729. The van der Waals surface area contributed by atoms with Crippen molar-refractivity contribution in [3.8, 4) is 0 Å². The summed E-state index contributed by atoms with van der Waals surface area (Å²) in [4.78, 5) is 14.3. The molecular weight excluding hydrogens is 254 g/mol. The van der Waals surface area contributed by atoms with Crippen molar-refractivity contribution in [2.24, 2.45) is 0 Å².